The average Bonchev–Trinajstić information content (AvgIpc) is 2.75. The first-order valence-electron chi connectivity index (χ1n) is 8.57. The lowest BCUT2D eigenvalue weighted by Crippen LogP contribution is -2.02. The molecule has 0 amide bonds. The standard InChI is InChI=1S/C21H11F2N5O3/c22-16-10-14(2-1-9-24)11-17(23)20(16)31-19-8-7-18(28(29)30)21(27-19)26-15-5-3-13(12-25)4-6-15/h1-8,10-11H,(H,26,27)/b2-1+. The Morgan fingerprint density at radius 3 is 2.35 bits per heavy atom. The van der Waals surface area contributed by atoms with E-state index in [0.29, 0.717) is 11.3 Å². The van der Waals surface area contributed by atoms with E-state index in [-0.39, 0.29) is 17.3 Å². The van der Waals surface area contributed by atoms with Gasteiger partial charge in [-0.3, -0.25) is 10.1 Å². The number of hydrogen-bond donors (Lipinski definition) is 1. The number of nitrogens with one attached hydrogen (secondary N) is 1. The van der Waals surface area contributed by atoms with E-state index in [1.165, 1.54) is 30.3 Å². The Bertz CT molecular complexity index is 1240. The summed E-state index contributed by atoms with van der Waals surface area (Å²) < 4.78 is 33.8. The van der Waals surface area contributed by atoms with Crippen LogP contribution in [0.1, 0.15) is 11.1 Å². The molecule has 0 aliphatic rings. The lowest BCUT2D eigenvalue weighted by Gasteiger charge is -2.11. The highest BCUT2D eigenvalue weighted by atomic mass is 19.1. The topological polar surface area (TPSA) is 125 Å². The van der Waals surface area contributed by atoms with Crippen LogP contribution < -0.4 is 10.1 Å². The van der Waals surface area contributed by atoms with Gasteiger partial charge in [-0.15, -0.1) is 0 Å². The Balaban J connectivity index is 1.93. The lowest BCUT2D eigenvalue weighted by molar-refractivity contribution is -0.384. The van der Waals surface area contributed by atoms with Gasteiger partial charge in [0, 0.05) is 23.9 Å². The SMILES string of the molecule is N#C/C=C/c1cc(F)c(Oc2ccc([N+](=O)[O-])c(Nc3ccc(C#N)cc3)n2)c(F)c1. The number of nitro groups is 1. The maximum absolute atomic E-state index is 14.3. The van der Waals surface area contributed by atoms with Crippen molar-refractivity contribution >= 4 is 23.3 Å². The zero-order valence-electron chi connectivity index (χ0n) is 15.5. The van der Waals surface area contributed by atoms with Crippen LogP contribution in [0.4, 0.5) is 26.0 Å². The number of benzene rings is 2. The summed E-state index contributed by atoms with van der Waals surface area (Å²) >= 11 is 0. The summed E-state index contributed by atoms with van der Waals surface area (Å²) in [6, 6.07) is 13.8. The van der Waals surface area contributed by atoms with Crippen LogP contribution in [-0.2, 0) is 0 Å². The molecule has 8 nitrogen and oxygen atoms in total. The van der Waals surface area contributed by atoms with Crippen LogP contribution >= 0.6 is 0 Å². The minimum Gasteiger partial charge on any atom is -0.433 e. The smallest absolute Gasteiger partial charge is 0.311 e. The van der Waals surface area contributed by atoms with Crippen molar-refractivity contribution in [2.75, 3.05) is 5.32 Å². The average molecular weight is 419 g/mol. The maximum atomic E-state index is 14.3. The third-order valence-corrected chi connectivity index (χ3v) is 3.90. The number of ether oxygens (including phenoxy) is 1. The fraction of sp³-hybridized carbons (Fsp3) is 0. The zero-order valence-corrected chi connectivity index (χ0v) is 15.5. The number of rotatable bonds is 6. The molecule has 0 unspecified atom stereocenters. The van der Waals surface area contributed by atoms with Crippen LogP contribution in [0.3, 0.4) is 0 Å². The third kappa shape index (κ3) is 4.96. The molecule has 152 valence electrons. The van der Waals surface area contributed by atoms with Gasteiger partial charge in [-0.1, -0.05) is 0 Å². The van der Waals surface area contributed by atoms with Gasteiger partial charge in [0.05, 0.1) is 22.6 Å². The van der Waals surface area contributed by atoms with Crippen molar-refractivity contribution in [3.8, 4) is 23.8 Å². The monoisotopic (exact) mass is 419 g/mol. The van der Waals surface area contributed by atoms with Gasteiger partial charge in [0.2, 0.25) is 17.4 Å². The Morgan fingerprint density at radius 2 is 1.77 bits per heavy atom. The first kappa shape index (κ1) is 20.9. The molecule has 0 saturated heterocycles. The summed E-state index contributed by atoms with van der Waals surface area (Å²) in [6.07, 6.45) is 2.29. The van der Waals surface area contributed by atoms with E-state index in [9.17, 15) is 18.9 Å². The number of pyridine rings is 1. The van der Waals surface area contributed by atoms with Crippen molar-refractivity contribution in [2.24, 2.45) is 0 Å². The summed E-state index contributed by atoms with van der Waals surface area (Å²) in [4.78, 5) is 14.6. The predicted octanol–water partition coefficient (Wildman–Crippen LogP) is 5.21. The largest absolute Gasteiger partial charge is 0.433 e. The second-order valence-corrected chi connectivity index (χ2v) is 5.97. The summed E-state index contributed by atoms with van der Waals surface area (Å²) in [5.74, 6) is -3.35. The zero-order chi connectivity index (χ0) is 22.4. The first-order valence-corrected chi connectivity index (χ1v) is 8.57. The summed E-state index contributed by atoms with van der Waals surface area (Å²) in [6.45, 7) is 0. The summed E-state index contributed by atoms with van der Waals surface area (Å²) in [5.41, 5.74) is 0.514. The quantitative estimate of drug-likeness (QED) is 0.330. The second kappa shape index (κ2) is 9.11. The predicted molar refractivity (Wildman–Crippen MR) is 106 cm³/mol. The second-order valence-electron chi connectivity index (χ2n) is 5.97. The Kier molecular flexibility index (Phi) is 6.14. The van der Waals surface area contributed by atoms with Crippen molar-refractivity contribution in [3.05, 3.63) is 87.5 Å². The van der Waals surface area contributed by atoms with E-state index in [4.69, 9.17) is 15.3 Å². The van der Waals surface area contributed by atoms with Crippen LogP contribution in [0, 0.1) is 44.4 Å². The van der Waals surface area contributed by atoms with Crippen molar-refractivity contribution in [1.82, 2.24) is 4.98 Å². The maximum Gasteiger partial charge on any atom is 0.311 e. The number of nitrogens with zero attached hydrogens (tertiary/aromatic N) is 4. The van der Waals surface area contributed by atoms with Crippen molar-refractivity contribution in [3.63, 3.8) is 0 Å². The fourth-order valence-corrected chi connectivity index (χ4v) is 2.51. The molecule has 0 spiro atoms. The van der Waals surface area contributed by atoms with E-state index in [2.05, 4.69) is 10.3 Å². The van der Waals surface area contributed by atoms with Gasteiger partial charge in [0.1, 0.15) is 0 Å². The van der Waals surface area contributed by atoms with Gasteiger partial charge in [0.25, 0.3) is 0 Å². The first-order chi connectivity index (χ1) is 14.9. The molecule has 1 heterocycles. The molecule has 0 aliphatic heterocycles. The number of hydrogen-bond acceptors (Lipinski definition) is 7. The van der Waals surface area contributed by atoms with E-state index < -0.39 is 28.0 Å². The molecule has 1 aromatic heterocycles. The molecule has 0 aliphatic carbocycles. The lowest BCUT2D eigenvalue weighted by atomic mass is 10.2. The van der Waals surface area contributed by atoms with Crippen molar-refractivity contribution < 1.29 is 18.4 Å². The van der Waals surface area contributed by atoms with E-state index >= 15 is 0 Å². The van der Waals surface area contributed by atoms with Crippen LogP contribution in [-0.4, -0.2) is 9.91 Å². The normalized spacial score (nSPS) is 10.3. The molecule has 0 saturated carbocycles. The number of halogens is 2. The Hall–Kier alpha value is -4.83. The van der Waals surface area contributed by atoms with Gasteiger partial charge in [-0.05, 0) is 48.0 Å². The molecule has 1 N–H and O–H groups in total. The van der Waals surface area contributed by atoms with Crippen LogP contribution in [0.5, 0.6) is 11.6 Å². The van der Waals surface area contributed by atoms with Gasteiger partial charge in [-0.25, -0.2) is 8.78 Å². The van der Waals surface area contributed by atoms with Crippen molar-refractivity contribution in [2.45, 2.75) is 0 Å². The van der Waals surface area contributed by atoms with Gasteiger partial charge < -0.3 is 10.1 Å². The van der Waals surface area contributed by atoms with Gasteiger partial charge >= 0.3 is 5.69 Å². The van der Waals surface area contributed by atoms with E-state index in [1.807, 2.05) is 6.07 Å². The molecular formula is C21H11F2N5O3. The molecule has 0 fully saturated rings. The minimum absolute atomic E-state index is 0.115. The molecule has 0 radical (unpaired) electrons. The van der Waals surface area contributed by atoms with Crippen LogP contribution in [0.2, 0.25) is 0 Å². The highest BCUT2D eigenvalue weighted by molar-refractivity contribution is 5.66. The van der Waals surface area contributed by atoms with Crippen LogP contribution in [0.25, 0.3) is 6.08 Å². The molecule has 10 heteroatoms. The Morgan fingerprint density at radius 1 is 1.10 bits per heavy atom. The number of allylic oxidation sites excluding steroid dienone is 1. The number of aromatic nitrogens is 1. The van der Waals surface area contributed by atoms with Gasteiger partial charge in [0.15, 0.2) is 11.6 Å². The van der Waals surface area contributed by atoms with Crippen molar-refractivity contribution in [1.29, 1.82) is 10.5 Å². The van der Waals surface area contributed by atoms with E-state index in [0.717, 1.165) is 30.3 Å². The number of anilines is 2. The highest BCUT2D eigenvalue weighted by Crippen LogP contribution is 2.32. The molecule has 0 bridgehead atoms. The minimum atomic E-state index is -1.04. The molecule has 0 atom stereocenters. The highest BCUT2D eigenvalue weighted by Gasteiger charge is 2.19. The third-order valence-electron chi connectivity index (χ3n) is 3.90. The molecule has 2 aromatic carbocycles. The molecule has 3 rings (SSSR count). The molecule has 31 heavy (non-hydrogen) atoms. The fourth-order valence-electron chi connectivity index (χ4n) is 2.51. The van der Waals surface area contributed by atoms with Crippen LogP contribution in [0.15, 0.2) is 54.6 Å². The van der Waals surface area contributed by atoms with E-state index in [1.54, 1.807) is 6.07 Å². The summed E-state index contributed by atoms with van der Waals surface area (Å²) in [7, 11) is 0. The Labute approximate surface area is 174 Å². The van der Waals surface area contributed by atoms with Gasteiger partial charge in [-0.2, -0.15) is 15.5 Å². The summed E-state index contributed by atoms with van der Waals surface area (Å²) in [5, 5.41) is 31.4. The molecular weight excluding hydrogens is 408 g/mol. The molecule has 3 aromatic rings. The number of nitriles is 2.